The second kappa shape index (κ2) is 14.1. The molecular weight excluding hydrogens is 568 g/mol. The van der Waals surface area contributed by atoms with Crippen LogP contribution in [0.4, 0.5) is 5.69 Å². The van der Waals surface area contributed by atoms with Crippen molar-refractivity contribution >= 4 is 35.6 Å². The van der Waals surface area contributed by atoms with E-state index in [2.05, 4.69) is 20.6 Å². The average Bonchev–Trinajstić information content (AvgIpc) is 3.75. The highest BCUT2D eigenvalue weighted by Gasteiger charge is 2.36. The highest BCUT2D eigenvalue weighted by atomic mass is 16.7. The molecule has 0 spiro atoms. The molecule has 1 atom stereocenters. The molecule has 1 saturated carbocycles. The van der Waals surface area contributed by atoms with E-state index < -0.39 is 24.1 Å². The third kappa shape index (κ3) is 7.37. The van der Waals surface area contributed by atoms with Gasteiger partial charge in [-0.2, -0.15) is 4.99 Å². The van der Waals surface area contributed by atoms with Gasteiger partial charge in [0.15, 0.2) is 13.5 Å². The number of carbonyl (C=O) groups is 3. The van der Waals surface area contributed by atoms with Crippen molar-refractivity contribution in [3.05, 3.63) is 87.4 Å². The number of phenols is 1. The van der Waals surface area contributed by atoms with Gasteiger partial charge >= 0.3 is 5.97 Å². The average molecular weight is 605 g/mol. The van der Waals surface area contributed by atoms with Crippen LogP contribution in [0.15, 0.2) is 53.7 Å². The van der Waals surface area contributed by atoms with Gasteiger partial charge in [0, 0.05) is 36.0 Å². The summed E-state index contributed by atoms with van der Waals surface area (Å²) in [7, 11) is 0. The van der Waals surface area contributed by atoms with E-state index in [9.17, 15) is 19.5 Å². The van der Waals surface area contributed by atoms with Gasteiger partial charge in [0.2, 0.25) is 0 Å². The van der Waals surface area contributed by atoms with E-state index in [1.807, 2.05) is 6.92 Å². The van der Waals surface area contributed by atoms with E-state index in [4.69, 9.17) is 14.9 Å². The van der Waals surface area contributed by atoms with Crippen molar-refractivity contribution in [3.63, 3.8) is 0 Å². The standard InChI is InChI=1S/C31H36N6O7/c1-4-13-33-30(40)25-15-34-27(20(25)3)28(35-16-32)37(42,17-43-18-44-31(41)21-7-11-24(38)12-8-21)26-14-22(6-5-19(26)2)29(39)36-23-9-10-23/h5-8,11-12,14-16,23,32,34,38H,4,9-10,13,17-18H2,1-3H3,(H,33,40)(H,36,39). The minimum absolute atomic E-state index is 0.0155. The summed E-state index contributed by atoms with van der Waals surface area (Å²) in [5.74, 6) is -1.63. The Bertz CT molecular complexity index is 1560. The van der Waals surface area contributed by atoms with Gasteiger partial charge in [-0.15, -0.1) is 0 Å². The number of carbonyl (C=O) groups excluding carboxylic acids is 3. The van der Waals surface area contributed by atoms with Crippen molar-refractivity contribution in [2.24, 2.45) is 4.99 Å². The van der Waals surface area contributed by atoms with Crippen LogP contribution in [0.3, 0.4) is 0 Å². The van der Waals surface area contributed by atoms with Crippen molar-refractivity contribution in [2.75, 3.05) is 20.1 Å². The number of aliphatic imine (C=N–C) groups is 1. The lowest BCUT2D eigenvalue weighted by Crippen LogP contribution is -2.52. The lowest BCUT2D eigenvalue weighted by molar-refractivity contribution is -0.0472. The van der Waals surface area contributed by atoms with Gasteiger partial charge in [0.05, 0.1) is 11.1 Å². The number of H-pyrrole nitrogens is 1. The number of ether oxygens (including phenoxy) is 2. The summed E-state index contributed by atoms with van der Waals surface area (Å²) in [6.45, 7) is 4.48. The number of aromatic hydroxyl groups is 1. The maximum Gasteiger partial charge on any atom is 0.340 e. The summed E-state index contributed by atoms with van der Waals surface area (Å²) in [5.41, 5.74) is 1.96. The van der Waals surface area contributed by atoms with Crippen molar-refractivity contribution in [1.29, 1.82) is 5.41 Å². The number of esters is 1. The Morgan fingerprint density at radius 3 is 2.50 bits per heavy atom. The fourth-order valence-electron chi connectivity index (χ4n) is 4.52. The number of quaternary nitrogens is 1. The molecule has 44 heavy (non-hydrogen) atoms. The zero-order valence-electron chi connectivity index (χ0n) is 24.8. The summed E-state index contributed by atoms with van der Waals surface area (Å²) in [4.78, 5) is 45.2. The van der Waals surface area contributed by atoms with Crippen LogP contribution in [-0.4, -0.2) is 66.2 Å². The second-order valence-corrected chi connectivity index (χ2v) is 10.5. The third-order valence-corrected chi connectivity index (χ3v) is 7.10. The number of hydroxylamine groups is 2. The molecule has 0 radical (unpaired) electrons. The smallest absolute Gasteiger partial charge is 0.340 e. The molecule has 1 fully saturated rings. The largest absolute Gasteiger partial charge is 0.619 e. The van der Waals surface area contributed by atoms with E-state index in [-0.39, 0.29) is 51.9 Å². The van der Waals surface area contributed by atoms with Crippen molar-refractivity contribution in [3.8, 4) is 5.75 Å². The number of aromatic amines is 1. The molecule has 13 nitrogen and oxygen atoms in total. The van der Waals surface area contributed by atoms with Crippen LogP contribution in [-0.2, 0) is 9.47 Å². The Kier molecular flexibility index (Phi) is 10.3. The summed E-state index contributed by atoms with van der Waals surface area (Å²) in [6, 6.07) is 10.2. The van der Waals surface area contributed by atoms with Crippen molar-refractivity contribution < 1.29 is 29.0 Å². The molecule has 3 aromatic rings. The van der Waals surface area contributed by atoms with E-state index in [0.717, 1.165) is 19.3 Å². The molecule has 1 aromatic heterocycles. The zero-order valence-corrected chi connectivity index (χ0v) is 24.8. The highest BCUT2D eigenvalue weighted by molar-refractivity contribution is 6.11. The molecule has 4 rings (SSSR count). The lowest BCUT2D eigenvalue weighted by atomic mass is 10.1. The van der Waals surface area contributed by atoms with E-state index in [0.29, 0.717) is 29.6 Å². The molecule has 1 heterocycles. The maximum atomic E-state index is 15.0. The minimum Gasteiger partial charge on any atom is -0.619 e. The van der Waals surface area contributed by atoms with Crippen LogP contribution >= 0.6 is 0 Å². The second-order valence-electron chi connectivity index (χ2n) is 10.5. The number of nitrogens with zero attached hydrogens (tertiary/aromatic N) is 2. The van der Waals surface area contributed by atoms with Crippen LogP contribution < -0.4 is 15.3 Å². The van der Waals surface area contributed by atoms with Gasteiger partial charge in [0.1, 0.15) is 23.5 Å². The first-order valence-corrected chi connectivity index (χ1v) is 14.2. The number of phenolic OH excluding ortho intramolecular Hbond substituents is 1. The molecular formula is C31H36N6O7. The topological polar surface area (TPSA) is 189 Å². The minimum atomic E-state index is -1.42. The van der Waals surface area contributed by atoms with Crippen LogP contribution in [0.1, 0.15) is 74.1 Å². The molecule has 232 valence electrons. The molecule has 13 heteroatoms. The molecule has 0 aliphatic heterocycles. The van der Waals surface area contributed by atoms with Crippen LogP contribution in [0, 0.1) is 24.5 Å². The van der Waals surface area contributed by atoms with Gasteiger partial charge in [-0.25, -0.2) is 4.79 Å². The summed E-state index contributed by atoms with van der Waals surface area (Å²) in [6.07, 6.45) is 4.69. The predicted octanol–water partition coefficient (Wildman–Crippen LogP) is 4.02. The Labute approximate surface area is 254 Å². The molecule has 1 unspecified atom stereocenters. The summed E-state index contributed by atoms with van der Waals surface area (Å²) >= 11 is 0. The van der Waals surface area contributed by atoms with Crippen LogP contribution in [0.5, 0.6) is 5.75 Å². The first-order valence-electron chi connectivity index (χ1n) is 14.2. The van der Waals surface area contributed by atoms with E-state index in [1.54, 1.807) is 26.0 Å². The van der Waals surface area contributed by atoms with Crippen molar-refractivity contribution in [2.45, 2.75) is 46.1 Å². The van der Waals surface area contributed by atoms with Gasteiger partial charge in [-0.1, -0.05) is 13.0 Å². The third-order valence-electron chi connectivity index (χ3n) is 7.10. The van der Waals surface area contributed by atoms with Gasteiger partial charge < -0.3 is 30.7 Å². The normalized spacial score (nSPS) is 14.4. The molecule has 1 aliphatic carbocycles. The number of rotatable bonds is 13. The quantitative estimate of drug-likeness (QED) is 0.0370. The Morgan fingerprint density at radius 1 is 1.14 bits per heavy atom. The molecule has 2 aromatic carbocycles. The molecule has 5 N–H and O–H groups in total. The fraction of sp³-hybridized carbons (Fsp3) is 0.323. The van der Waals surface area contributed by atoms with E-state index in [1.165, 1.54) is 36.5 Å². The highest BCUT2D eigenvalue weighted by Crippen LogP contribution is 2.32. The maximum absolute atomic E-state index is 15.0. The fourth-order valence-corrected chi connectivity index (χ4v) is 4.52. The number of aryl methyl sites for hydroxylation is 1. The molecule has 0 bridgehead atoms. The van der Waals surface area contributed by atoms with Crippen LogP contribution in [0.25, 0.3) is 0 Å². The molecule has 0 saturated heterocycles. The Hall–Kier alpha value is -4.85. The number of hydrogen-bond donors (Lipinski definition) is 5. The van der Waals surface area contributed by atoms with Gasteiger partial charge in [0.25, 0.3) is 17.6 Å². The number of hydrogen-bond acceptors (Lipinski definition) is 8. The lowest BCUT2D eigenvalue weighted by Gasteiger charge is -2.41. The Morgan fingerprint density at radius 2 is 1.84 bits per heavy atom. The first kappa shape index (κ1) is 32.1. The van der Waals surface area contributed by atoms with E-state index >= 15 is 5.21 Å². The number of amidine groups is 1. The van der Waals surface area contributed by atoms with Gasteiger partial charge in [-0.3, -0.25) is 24.4 Å². The molecule has 1 aliphatic rings. The van der Waals surface area contributed by atoms with Gasteiger partial charge in [-0.05, 0) is 69.0 Å². The number of aromatic nitrogens is 1. The monoisotopic (exact) mass is 604 g/mol. The number of benzene rings is 2. The van der Waals surface area contributed by atoms with Crippen molar-refractivity contribution in [1.82, 2.24) is 20.3 Å². The predicted molar refractivity (Wildman–Crippen MR) is 165 cm³/mol. The first-order chi connectivity index (χ1) is 21.1. The summed E-state index contributed by atoms with van der Waals surface area (Å²) < 4.78 is 9.38. The molecule has 2 amide bonds. The Balaban J connectivity index is 1.69. The number of nitrogens with one attached hydrogen (secondary N) is 4. The van der Waals surface area contributed by atoms with Crippen LogP contribution in [0.2, 0.25) is 0 Å². The zero-order chi connectivity index (χ0) is 31.9. The summed E-state index contributed by atoms with van der Waals surface area (Å²) in [5, 5.41) is 38.0. The SMILES string of the molecule is CCCNC(=O)c1c[nH]c(C(=NC=N)[N+]([O-])(COCOC(=O)c2ccc(O)cc2)c2cc(C(=O)NC3CC3)ccc2C)c1C. The number of amides is 2.